The molecule has 5 heteroatoms. The number of nitrogens with zero attached hydrogens (tertiary/aromatic N) is 3. The molecular weight excluding hydrogens is 180 g/mol. The molecule has 74 valence electrons. The van der Waals surface area contributed by atoms with E-state index in [4.69, 9.17) is 4.52 Å². The van der Waals surface area contributed by atoms with Gasteiger partial charge >= 0.3 is 0 Å². The maximum absolute atomic E-state index is 4.94. The predicted octanol–water partition coefficient (Wildman–Crippen LogP) is 0.698. The van der Waals surface area contributed by atoms with Gasteiger partial charge in [0.05, 0.1) is 18.4 Å². The largest absolute Gasteiger partial charge is 0.360 e. The van der Waals surface area contributed by atoms with Gasteiger partial charge in [0.1, 0.15) is 5.76 Å². The van der Waals surface area contributed by atoms with Crippen LogP contribution in [-0.4, -0.2) is 14.9 Å². The molecule has 0 aliphatic rings. The van der Waals surface area contributed by atoms with Gasteiger partial charge < -0.3 is 9.84 Å². The Morgan fingerprint density at radius 2 is 2.36 bits per heavy atom. The average molecular weight is 192 g/mol. The third-order valence-electron chi connectivity index (χ3n) is 1.87. The fourth-order valence-electron chi connectivity index (χ4n) is 1.20. The Labute approximate surface area is 81.7 Å². The normalized spacial score (nSPS) is 10.6. The Balaban J connectivity index is 1.78. The Morgan fingerprint density at radius 3 is 3.00 bits per heavy atom. The summed E-state index contributed by atoms with van der Waals surface area (Å²) in [6.07, 6.45) is 3.56. The highest BCUT2D eigenvalue weighted by molar-refractivity contribution is 4.99. The predicted molar refractivity (Wildman–Crippen MR) is 50.3 cm³/mol. The first-order valence-electron chi connectivity index (χ1n) is 4.43. The molecule has 0 unspecified atom stereocenters. The van der Waals surface area contributed by atoms with Crippen molar-refractivity contribution in [3.63, 3.8) is 0 Å². The number of nitrogens with one attached hydrogen (secondary N) is 1. The molecule has 0 aromatic carbocycles. The van der Waals surface area contributed by atoms with E-state index in [1.165, 1.54) is 0 Å². The lowest BCUT2D eigenvalue weighted by molar-refractivity contribution is 0.372. The van der Waals surface area contributed by atoms with Crippen LogP contribution in [0, 0.1) is 0 Å². The summed E-state index contributed by atoms with van der Waals surface area (Å²) < 4.78 is 6.72. The molecule has 0 spiro atoms. The summed E-state index contributed by atoms with van der Waals surface area (Å²) in [5, 5.41) is 11.1. The third kappa shape index (κ3) is 2.20. The average Bonchev–Trinajstić information content (AvgIpc) is 2.77. The van der Waals surface area contributed by atoms with Gasteiger partial charge in [-0.2, -0.15) is 5.10 Å². The Bertz CT molecular complexity index is 379. The van der Waals surface area contributed by atoms with E-state index in [0.29, 0.717) is 6.54 Å². The van der Waals surface area contributed by atoms with E-state index in [2.05, 4.69) is 15.6 Å². The summed E-state index contributed by atoms with van der Waals surface area (Å²) in [6.45, 7) is 1.41. The lowest BCUT2D eigenvalue weighted by atomic mass is 10.4. The lowest BCUT2D eigenvalue weighted by Gasteiger charge is -1.97. The van der Waals surface area contributed by atoms with Crippen molar-refractivity contribution < 1.29 is 4.52 Å². The van der Waals surface area contributed by atoms with Crippen molar-refractivity contribution in [2.45, 2.75) is 13.1 Å². The van der Waals surface area contributed by atoms with E-state index in [1.807, 2.05) is 25.4 Å². The smallest absolute Gasteiger partial charge is 0.150 e. The minimum atomic E-state index is 0.677. The third-order valence-corrected chi connectivity index (χ3v) is 1.87. The summed E-state index contributed by atoms with van der Waals surface area (Å²) in [7, 11) is 1.90. The Hall–Kier alpha value is -1.62. The SMILES string of the molecule is Cn1ccc(CNCc2ccno2)n1. The monoisotopic (exact) mass is 192 g/mol. The van der Waals surface area contributed by atoms with Gasteiger partial charge in [0.15, 0.2) is 0 Å². The maximum Gasteiger partial charge on any atom is 0.150 e. The molecule has 0 aliphatic carbocycles. The van der Waals surface area contributed by atoms with Crippen LogP contribution in [0.1, 0.15) is 11.5 Å². The molecule has 0 radical (unpaired) electrons. The first-order valence-corrected chi connectivity index (χ1v) is 4.43. The molecule has 0 amide bonds. The van der Waals surface area contributed by atoms with Crippen LogP contribution in [0.2, 0.25) is 0 Å². The summed E-state index contributed by atoms with van der Waals surface area (Å²) in [4.78, 5) is 0. The van der Waals surface area contributed by atoms with E-state index in [1.54, 1.807) is 10.9 Å². The van der Waals surface area contributed by atoms with Crippen LogP contribution in [-0.2, 0) is 20.1 Å². The van der Waals surface area contributed by atoms with Crippen LogP contribution in [0.25, 0.3) is 0 Å². The molecule has 2 rings (SSSR count). The van der Waals surface area contributed by atoms with Gasteiger partial charge in [-0.15, -0.1) is 0 Å². The summed E-state index contributed by atoms with van der Waals surface area (Å²) in [6, 6.07) is 3.82. The fraction of sp³-hybridized carbons (Fsp3) is 0.333. The van der Waals surface area contributed by atoms with E-state index in [9.17, 15) is 0 Å². The topological polar surface area (TPSA) is 55.9 Å². The van der Waals surface area contributed by atoms with Crippen molar-refractivity contribution in [2.24, 2.45) is 7.05 Å². The first-order chi connectivity index (χ1) is 6.84. The fourth-order valence-corrected chi connectivity index (χ4v) is 1.20. The molecule has 1 N–H and O–H groups in total. The highest BCUT2D eigenvalue weighted by atomic mass is 16.5. The first kappa shape index (κ1) is 8.96. The molecule has 2 heterocycles. The second-order valence-electron chi connectivity index (χ2n) is 3.06. The van der Waals surface area contributed by atoms with Crippen LogP contribution in [0.5, 0.6) is 0 Å². The van der Waals surface area contributed by atoms with Gasteiger partial charge in [-0.3, -0.25) is 4.68 Å². The molecule has 5 nitrogen and oxygen atoms in total. The Kier molecular flexibility index (Phi) is 2.60. The second-order valence-corrected chi connectivity index (χ2v) is 3.06. The van der Waals surface area contributed by atoms with Gasteiger partial charge in [-0.1, -0.05) is 5.16 Å². The molecule has 14 heavy (non-hydrogen) atoms. The number of aryl methyl sites for hydroxylation is 1. The second kappa shape index (κ2) is 4.06. The van der Waals surface area contributed by atoms with Crippen LogP contribution in [0.15, 0.2) is 29.0 Å². The quantitative estimate of drug-likeness (QED) is 0.774. The van der Waals surface area contributed by atoms with Crippen molar-refractivity contribution in [3.8, 4) is 0 Å². The Morgan fingerprint density at radius 1 is 1.43 bits per heavy atom. The summed E-state index contributed by atoms with van der Waals surface area (Å²) in [5.41, 5.74) is 1.02. The molecule has 0 saturated heterocycles. The van der Waals surface area contributed by atoms with Gasteiger partial charge in [0.25, 0.3) is 0 Å². The van der Waals surface area contributed by atoms with Crippen LogP contribution < -0.4 is 5.32 Å². The van der Waals surface area contributed by atoms with E-state index in [0.717, 1.165) is 18.0 Å². The standard InChI is InChI=1S/C9H12N4O/c1-13-5-3-8(12-13)6-10-7-9-2-4-11-14-9/h2-5,10H,6-7H2,1H3. The zero-order chi connectivity index (χ0) is 9.80. The highest BCUT2D eigenvalue weighted by Crippen LogP contribution is 1.97. The molecule has 0 bridgehead atoms. The molecule has 0 aliphatic heterocycles. The van der Waals surface area contributed by atoms with Gasteiger partial charge in [0, 0.05) is 25.9 Å². The highest BCUT2D eigenvalue weighted by Gasteiger charge is 1.98. The lowest BCUT2D eigenvalue weighted by Crippen LogP contribution is -2.12. The van der Waals surface area contributed by atoms with Crippen molar-refractivity contribution >= 4 is 0 Å². The van der Waals surface area contributed by atoms with Crippen molar-refractivity contribution in [2.75, 3.05) is 0 Å². The summed E-state index contributed by atoms with van der Waals surface area (Å²) in [5.74, 6) is 0.834. The number of rotatable bonds is 4. The zero-order valence-electron chi connectivity index (χ0n) is 7.97. The van der Waals surface area contributed by atoms with Gasteiger partial charge in [0.2, 0.25) is 0 Å². The number of hydrogen-bond donors (Lipinski definition) is 1. The number of hydrogen-bond acceptors (Lipinski definition) is 4. The van der Waals surface area contributed by atoms with Crippen LogP contribution in [0.3, 0.4) is 0 Å². The van der Waals surface area contributed by atoms with Crippen LogP contribution in [0.4, 0.5) is 0 Å². The van der Waals surface area contributed by atoms with Crippen molar-refractivity contribution in [1.82, 2.24) is 20.3 Å². The molecule has 0 atom stereocenters. The van der Waals surface area contributed by atoms with Crippen LogP contribution >= 0.6 is 0 Å². The van der Waals surface area contributed by atoms with Crippen molar-refractivity contribution in [1.29, 1.82) is 0 Å². The van der Waals surface area contributed by atoms with Gasteiger partial charge in [-0.05, 0) is 6.07 Å². The molecule has 2 aromatic rings. The molecule has 0 fully saturated rings. The maximum atomic E-state index is 4.94. The molecule has 2 aromatic heterocycles. The van der Waals surface area contributed by atoms with Crippen molar-refractivity contribution in [3.05, 3.63) is 36.0 Å². The van der Waals surface area contributed by atoms with E-state index < -0.39 is 0 Å². The van der Waals surface area contributed by atoms with Gasteiger partial charge in [-0.25, -0.2) is 0 Å². The number of aromatic nitrogens is 3. The summed E-state index contributed by atoms with van der Waals surface area (Å²) >= 11 is 0. The molecular formula is C9H12N4O. The minimum absolute atomic E-state index is 0.677. The minimum Gasteiger partial charge on any atom is -0.360 e. The van der Waals surface area contributed by atoms with E-state index in [-0.39, 0.29) is 0 Å². The zero-order valence-corrected chi connectivity index (χ0v) is 7.97. The molecule has 0 saturated carbocycles. The van der Waals surface area contributed by atoms with E-state index >= 15 is 0 Å².